The number of hydrogen-bond acceptors (Lipinski definition) is 4. The average molecular weight is 272 g/mol. The Hall–Kier alpha value is -2.14. The Balaban J connectivity index is 2.12. The van der Waals surface area contributed by atoms with Crippen LogP contribution in [0.15, 0.2) is 35.1 Å². The highest BCUT2D eigenvalue weighted by Gasteiger charge is 2.05. The third-order valence-corrected chi connectivity index (χ3v) is 3.01. The lowest BCUT2D eigenvalue weighted by molar-refractivity contribution is 0.766. The van der Waals surface area contributed by atoms with E-state index in [0.29, 0.717) is 24.7 Å². The molecule has 0 amide bonds. The molecule has 0 fully saturated rings. The molecule has 0 atom stereocenters. The van der Waals surface area contributed by atoms with Crippen LogP contribution in [-0.4, -0.2) is 9.97 Å². The second-order valence-electron chi connectivity index (χ2n) is 5.05. The molecule has 1 aromatic heterocycles. The molecular weight excluding hydrogens is 252 g/mol. The monoisotopic (exact) mass is 272 g/mol. The van der Waals surface area contributed by atoms with E-state index in [9.17, 15) is 4.79 Å². The van der Waals surface area contributed by atoms with Crippen LogP contribution in [0, 0.1) is 0 Å². The van der Waals surface area contributed by atoms with Crippen LogP contribution < -0.4 is 16.6 Å². The zero-order valence-electron chi connectivity index (χ0n) is 11.8. The molecule has 106 valence electrons. The molecule has 0 saturated carbocycles. The van der Waals surface area contributed by atoms with E-state index >= 15 is 0 Å². The summed E-state index contributed by atoms with van der Waals surface area (Å²) >= 11 is 0. The Labute approximate surface area is 118 Å². The van der Waals surface area contributed by atoms with Gasteiger partial charge in [-0.2, -0.15) is 0 Å². The van der Waals surface area contributed by atoms with E-state index in [-0.39, 0.29) is 11.5 Å². The average Bonchev–Trinajstić information content (AvgIpc) is 2.44. The van der Waals surface area contributed by atoms with Gasteiger partial charge >= 0.3 is 0 Å². The number of nitrogens with zero attached hydrogens (tertiary/aromatic N) is 1. The third-order valence-electron chi connectivity index (χ3n) is 3.01. The lowest BCUT2D eigenvalue weighted by Gasteiger charge is -2.09. The lowest BCUT2D eigenvalue weighted by atomic mass is 10.1. The summed E-state index contributed by atoms with van der Waals surface area (Å²) < 4.78 is 0. The molecule has 0 aliphatic rings. The van der Waals surface area contributed by atoms with E-state index in [1.807, 2.05) is 38.1 Å². The van der Waals surface area contributed by atoms with Crippen molar-refractivity contribution in [1.29, 1.82) is 0 Å². The molecule has 5 heteroatoms. The number of hydrogen-bond donors (Lipinski definition) is 3. The first kappa shape index (κ1) is 14.3. The van der Waals surface area contributed by atoms with Crippen molar-refractivity contribution in [1.82, 2.24) is 9.97 Å². The second-order valence-corrected chi connectivity index (χ2v) is 5.05. The Morgan fingerprint density at radius 2 is 2.05 bits per heavy atom. The molecule has 0 saturated heterocycles. The summed E-state index contributed by atoms with van der Waals surface area (Å²) in [7, 11) is 0. The van der Waals surface area contributed by atoms with Crippen LogP contribution in [0.1, 0.15) is 36.7 Å². The lowest BCUT2D eigenvalue weighted by Crippen LogP contribution is -2.14. The summed E-state index contributed by atoms with van der Waals surface area (Å²) in [6, 6.07) is 9.50. The molecule has 2 aromatic rings. The highest BCUT2D eigenvalue weighted by atomic mass is 16.1. The highest BCUT2D eigenvalue weighted by molar-refractivity contribution is 5.35. The van der Waals surface area contributed by atoms with Crippen molar-refractivity contribution in [2.75, 3.05) is 5.32 Å². The number of anilines is 1. The maximum Gasteiger partial charge on any atom is 0.252 e. The third kappa shape index (κ3) is 3.68. The molecule has 1 heterocycles. The van der Waals surface area contributed by atoms with Gasteiger partial charge in [0.25, 0.3) is 5.56 Å². The molecule has 0 spiro atoms. The quantitative estimate of drug-likeness (QED) is 0.777. The van der Waals surface area contributed by atoms with E-state index in [1.165, 1.54) is 6.07 Å². The van der Waals surface area contributed by atoms with Crippen LogP contribution in [0.3, 0.4) is 0 Å². The van der Waals surface area contributed by atoms with Crippen LogP contribution in [0.5, 0.6) is 0 Å². The van der Waals surface area contributed by atoms with Gasteiger partial charge in [0.2, 0.25) is 0 Å². The Morgan fingerprint density at radius 1 is 1.30 bits per heavy atom. The maximum absolute atomic E-state index is 11.6. The minimum Gasteiger partial charge on any atom is -0.366 e. The normalized spacial score (nSPS) is 10.8. The van der Waals surface area contributed by atoms with Gasteiger partial charge in [0.1, 0.15) is 11.6 Å². The minimum atomic E-state index is -0.137. The van der Waals surface area contributed by atoms with Crippen molar-refractivity contribution in [2.24, 2.45) is 5.73 Å². The molecule has 0 aliphatic carbocycles. The summed E-state index contributed by atoms with van der Waals surface area (Å²) in [6.07, 6.45) is 0. The zero-order valence-corrected chi connectivity index (χ0v) is 11.8. The van der Waals surface area contributed by atoms with E-state index in [1.54, 1.807) is 0 Å². The first-order chi connectivity index (χ1) is 9.58. The van der Waals surface area contributed by atoms with E-state index in [0.717, 1.165) is 11.1 Å². The molecule has 20 heavy (non-hydrogen) atoms. The molecule has 0 radical (unpaired) electrons. The predicted molar refractivity (Wildman–Crippen MR) is 80.6 cm³/mol. The van der Waals surface area contributed by atoms with Gasteiger partial charge in [0, 0.05) is 25.1 Å². The topological polar surface area (TPSA) is 83.8 Å². The molecule has 2 rings (SSSR count). The fourth-order valence-corrected chi connectivity index (χ4v) is 1.90. The van der Waals surface area contributed by atoms with E-state index < -0.39 is 0 Å². The zero-order chi connectivity index (χ0) is 14.5. The molecule has 5 nitrogen and oxygen atoms in total. The largest absolute Gasteiger partial charge is 0.366 e. The molecule has 1 aromatic carbocycles. The maximum atomic E-state index is 11.6. The van der Waals surface area contributed by atoms with Gasteiger partial charge in [0.05, 0.1) is 0 Å². The van der Waals surface area contributed by atoms with Gasteiger partial charge in [-0.1, -0.05) is 38.1 Å². The van der Waals surface area contributed by atoms with Gasteiger partial charge in [-0.05, 0) is 11.1 Å². The first-order valence-electron chi connectivity index (χ1n) is 6.71. The summed E-state index contributed by atoms with van der Waals surface area (Å²) in [5.41, 5.74) is 7.68. The number of nitrogens with two attached hydrogens (primary N) is 1. The van der Waals surface area contributed by atoms with Crippen LogP contribution in [0.25, 0.3) is 0 Å². The fourth-order valence-electron chi connectivity index (χ4n) is 1.90. The molecule has 0 unspecified atom stereocenters. The molecule has 4 N–H and O–H groups in total. The Bertz CT molecular complexity index is 634. The second kappa shape index (κ2) is 6.34. The predicted octanol–water partition coefficient (Wildman–Crippen LogP) is 1.96. The van der Waals surface area contributed by atoms with Crippen molar-refractivity contribution in [3.8, 4) is 0 Å². The van der Waals surface area contributed by atoms with E-state index in [4.69, 9.17) is 5.73 Å². The van der Waals surface area contributed by atoms with Crippen molar-refractivity contribution >= 4 is 5.82 Å². The van der Waals surface area contributed by atoms with Gasteiger partial charge in [-0.25, -0.2) is 4.98 Å². The summed E-state index contributed by atoms with van der Waals surface area (Å²) in [6.45, 7) is 5.12. The SMILES string of the molecule is CC(C)c1nc(NCc2cccc(CN)c2)cc(=O)[nH]1. The van der Waals surface area contributed by atoms with Crippen molar-refractivity contribution in [3.05, 3.63) is 57.6 Å². The number of rotatable bonds is 5. The summed E-state index contributed by atoms with van der Waals surface area (Å²) in [4.78, 5) is 18.7. The van der Waals surface area contributed by atoms with Gasteiger partial charge < -0.3 is 16.0 Å². The number of H-pyrrole nitrogens is 1. The number of aromatic nitrogens is 2. The fraction of sp³-hybridized carbons (Fsp3) is 0.333. The van der Waals surface area contributed by atoms with Crippen LogP contribution in [-0.2, 0) is 13.1 Å². The standard InChI is InChI=1S/C15H20N4O/c1-10(2)15-18-13(7-14(20)19-15)17-9-12-5-3-4-11(6-12)8-16/h3-7,10H,8-9,16H2,1-2H3,(H2,17,18,19,20). The Kier molecular flexibility index (Phi) is 4.53. The van der Waals surface area contributed by atoms with Crippen molar-refractivity contribution < 1.29 is 0 Å². The molecule has 0 aliphatic heterocycles. The van der Waals surface area contributed by atoms with Crippen molar-refractivity contribution in [3.63, 3.8) is 0 Å². The summed E-state index contributed by atoms with van der Waals surface area (Å²) in [5.74, 6) is 1.47. The smallest absolute Gasteiger partial charge is 0.252 e. The molecular formula is C15H20N4O. The van der Waals surface area contributed by atoms with E-state index in [2.05, 4.69) is 15.3 Å². The first-order valence-corrected chi connectivity index (χ1v) is 6.71. The van der Waals surface area contributed by atoms with Crippen LogP contribution in [0.4, 0.5) is 5.82 Å². The number of nitrogens with one attached hydrogen (secondary N) is 2. The Morgan fingerprint density at radius 3 is 2.75 bits per heavy atom. The number of benzene rings is 1. The van der Waals surface area contributed by atoms with Gasteiger partial charge in [-0.3, -0.25) is 4.79 Å². The van der Waals surface area contributed by atoms with Gasteiger partial charge in [-0.15, -0.1) is 0 Å². The van der Waals surface area contributed by atoms with Crippen LogP contribution in [0.2, 0.25) is 0 Å². The molecule has 0 bridgehead atoms. The van der Waals surface area contributed by atoms with Crippen LogP contribution >= 0.6 is 0 Å². The minimum absolute atomic E-state index is 0.137. The summed E-state index contributed by atoms with van der Waals surface area (Å²) in [5, 5.41) is 3.18. The van der Waals surface area contributed by atoms with Gasteiger partial charge in [0.15, 0.2) is 0 Å². The van der Waals surface area contributed by atoms with Crippen molar-refractivity contribution in [2.45, 2.75) is 32.9 Å². The number of aromatic amines is 1. The highest BCUT2D eigenvalue weighted by Crippen LogP contribution is 2.11.